The summed E-state index contributed by atoms with van der Waals surface area (Å²) in [6.45, 7) is 1.71. The van der Waals surface area contributed by atoms with Crippen LogP contribution in [0.25, 0.3) is 22.3 Å². The topological polar surface area (TPSA) is 93.4 Å². The standard InChI is InChI=1S/C28H25NO5S/c1-18-25(30)23-12-7-13-24(27(23)34-26(18)19-8-3-2-4-9-19)28(31)29-20-14-16-22(17-15-20)35(32,33)21-10-5-6-11-21/h2-4,7-9,12-17,21H,5-6,10-11H2,1H3,(H,29,31). The Balaban J connectivity index is 1.47. The average Bonchev–Trinajstić information content (AvgIpc) is 3.43. The lowest BCUT2D eigenvalue weighted by Gasteiger charge is -2.13. The number of hydrogen-bond acceptors (Lipinski definition) is 5. The average molecular weight is 488 g/mol. The van der Waals surface area contributed by atoms with E-state index in [1.807, 2.05) is 30.3 Å². The van der Waals surface area contributed by atoms with E-state index in [-0.39, 0.29) is 26.7 Å². The molecule has 1 fully saturated rings. The lowest BCUT2D eigenvalue weighted by Crippen LogP contribution is -2.18. The smallest absolute Gasteiger partial charge is 0.259 e. The van der Waals surface area contributed by atoms with E-state index in [0.29, 0.717) is 35.2 Å². The van der Waals surface area contributed by atoms with Gasteiger partial charge in [0.2, 0.25) is 0 Å². The highest BCUT2D eigenvalue weighted by atomic mass is 32.2. The van der Waals surface area contributed by atoms with Crippen LogP contribution in [0.15, 0.2) is 86.9 Å². The van der Waals surface area contributed by atoms with Gasteiger partial charge in [0.1, 0.15) is 5.76 Å². The summed E-state index contributed by atoms with van der Waals surface area (Å²) in [6.07, 6.45) is 3.25. The van der Waals surface area contributed by atoms with Gasteiger partial charge in [-0.25, -0.2) is 8.42 Å². The molecule has 6 nitrogen and oxygen atoms in total. The van der Waals surface area contributed by atoms with Gasteiger partial charge in [-0.05, 0) is 56.2 Å². The van der Waals surface area contributed by atoms with Crippen molar-refractivity contribution >= 4 is 32.4 Å². The van der Waals surface area contributed by atoms with Gasteiger partial charge in [0, 0.05) is 16.8 Å². The summed E-state index contributed by atoms with van der Waals surface area (Å²) in [4.78, 5) is 26.5. The molecule has 0 atom stereocenters. The van der Waals surface area contributed by atoms with E-state index in [0.717, 1.165) is 18.4 Å². The number of sulfone groups is 1. The summed E-state index contributed by atoms with van der Waals surface area (Å²) in [5.74, 6) is -0.0298. The lowest BCUT2D eigenvalue weighted by molar-refractivity contribution is 0.102. The van der Waals surface area contributed by atoms with E-state index < -0.39 is 15.7 Å². The molecule has 1 aliphatic carbocycles. The molecule has 1 heterocycles. The zero-order valence-corrected chi connectivity index (χ0v) is 20.1. The number of hydrogen-bond donors (Lipinski definition) is 1. The Morgan fingerprint density at radius 3 is 2.29 bits per heavy atom. The Morgan fingerprint density at radius 2 is 1.60 bits per heavy atom. The third kappa shape index (κ3) is 4.28. The minimum atomic E-state index is -3.37. The van der Waals surface area contributed by atoms with Crippen molar-refractivity contribution in [1.82, 2.24) is 0 Å². The van der Waals surface area contributed by atoms with Crippen molar-refractivity contribution in [2.45, 2.75) is 42.8 Å². The second-order valence-electron chi connectivity index (χ2n) is 8.86. The maximum Gasteiger partial charge on any atom is 0.259 e. The zero-order valence-electron chi connectivity index (χ0n) is 19.3. The monoisotopic (exact) mass is 487 g/mol. The normalized spacial score (nSPS) is 14.3. The van der Waals surface area contributed by atoms with Gasteiger partial charge in [0.15, 0.2) is 20.8 Å². The molecular weight excluding hydrogens is 462 g/mol. The van der Waals surface area contributed by atoms with Crippen LogP contribution in [0.1, 0.15) is 41.6 Å². The summed E-state index contributed by atoms with van der Waals surface area (Å²) in [5, 5.41) is 2.79. The van der Waals surface area contributed by atoms with Crippen LogP contribution < -0.4 is 10.7 Å². The van der Waals surface area contributed by atoms with Gasteiger partial charge in [-0.1, -0.05) is 49.2 Å². The fraction of sp³-hybridized carbons (Fsp3) is 0.214. The number of benzene rings is 3. The fourth-order valence-electron chi connectivity index (χ4n) is 4.67. The first-order valence-electron chi connectivity index (χ1n) is 11.6. The van der Waals surface area contributed by atoms with E-state index in [1.54, 1.807) is 37.3 Å². The van der Waals surface area contributed by atoms with E-state index in [4.69, 9.17) is 4.42 Å². The fourth-order valence-corrected chi connectivity index (χ4v) is 6.53. The summed E-state index contributed by atoms with van der Waals surface area (Å²) < 4.78 is 31.8. The zero-order chi connectivity index (χ0) is 24.6. The maximum atomic E-state index is 13.2. The van der Waals surface area contributed by atoms with Gasteiger partial charge < -0.3 is 9.73 Å². The largest absolute Gasteiger partial charge is 0.455 e. The van der Waals surface area contributed by atoms with Gasteiger partial charge >= 0.3 is 0 Å². The molecule has 0 aliphatic heterocycles. The Labute approximate surface area is 203 Å². The molecule has 1 aliphatic rings. The van der Waals surface area contributed by atoms with Crippen molar-refractivity contribution in [2.75, 3.05) is 5.32 Å². The number of amides is 1. The predicted molar refractivity (Wildman–Crippen MR) is 136 cm³/mol. The molecule has 1 N–H and O–H groups in total. The van der Waals surface area contributed by atoms with Gasteiger partial charge in [0.05, 0.1) is 21.1 Å². The number of rotatable bonds is 5. The van der Waals surface area contributed by atoms with E-state index >= 15 is 0 Å². The third-order valence-corrected chi connectivity index (χ3v) is 8.89. The van der Waals surface area contributed by atoms with E-state index in [9.17, 15) is 18.0 Å². The van der Waals surface area contributed by atoms with Gasteiger partial charge in [-0.3, -0.25) is 9.59 Å². The molecule has 4 aromatic rings. The predicted octanol–water partition coefficient (Wildman–Crippen LogP) is 5.74. The molecule has 35 heavy (non-hydrogen) atoms. The molecule has 7 heteroatoms. The molecule has 178 valence electrons. The minimum Gasteiger partial charge on any atom is -0.455 e. The highest BCUT2D eigenvalue weighted by Crippen LogP contribution is 2.31. The van der Waals surface area contributed by atoms with Crippen molar-refractivity contribution < 1.29 is 17.6 Å². The molecule has 0 radical (unpaired) electrons. The second kappa shape index (κ2) is 9.15. The number of nitrogens with one attached hydrogen (secondary N) is 1. The van der Waals surface area contributed by atoms with Crippen LogP contribution in [0, 0.1) is 6.92 Å². The second-order valence-corrected chi connectivity index (χ2v) is 11.1. The third-order valence-electron chi connectivity index (χ3n) is 6.61. The lowest BCUT2D eigenvalue weighted by atomic mass is 10.0. The van der Waals surface area contributed by atoms with Crippen LogP contribution in [0.2, 0.25) is 0 Å². The van der Waals surface area contributed by atoms with Crippen molar-refractivity contribution in [3.63, 3.8) is 0 Å². The number of carbonyl (C=O) groups is 1. The molecule has 1 aromatic heterocycles. The summed E-state index contributed by atoms with van der Waals surface area (Å²) in [6, 6.07) is 20.4. The van der Waals surface area contributed by atoms with Crippen molar-refractivity contribution in [1.29, 1.82) is 0 Å². The van der Waals surface area contributed by atoms with E-state index in [2.05, 4.69) is 5.32 Å². The van der Waals surface area contributed by atoms with Crippen LogP contribution in [0.4, 0.5) is 5.69 Å². The SMILES string of the molecule is Cc1c(-c2ccccc2)oc2c(C(=O)Nc3ccc(S(=O)(=O)C4CCCC4)cc3)cccc2c1=O. The maximum absolute atomic E-state index is 13.2. The van der Waals surface area contributed by atoms with Gasteiger partial charge in [-0.2, -0.15) is 0 Å². The number of anilines is 1. The molecule has 0 spiro atoms. The molecule has 5 rings (SSSR count). The number of carbonyl (C=O) groups excluding carboxylic acids is 1. The van der Waals surface area contributed by atoms with Crippen molar-refractivity contribution in [2.24, 2.45) is 0 Å². The van der Waals surface area contributed by atoms with Crippen molar-refractivity contribution in [3.05, 3.63) is 94.1 Å². The van der Waals surface area contributed by atoms with Crippen molar-refractivity contribution in [3.8, 4) is 11.3 Å². The van der Waals surface area contributed by atoms with Crippen LogP contribution in [0.5, 0.6) is 0 Å². The van der Waals surface area contributed by atoms with Crippen LogP contribution >= 0.6 is 0 Å². The summed E-state index contributed by atoms with van der Waals surface area (Å²) in [5.41, 5.74) is 1.91. The van der Waals surface area contributed by atoms with E-state index in [1.165, 1.54) is 12.1 Å². The van der Waals surface area contributed by atoms with Gasteiger partial charge in [-0.15, -0.1) is 0 Å². The van der Waals surface area contributed by atoms with Crippen LogP contribution in [-0.2, 0) is 9.84 Å². The molecule has 0 unspecified atom stereocenters. The molecule has 1 saturated carbocycles. The van der Waals surface area contributed by atoms with Crippen LogP contribution in [0.3, 0.4) is 0 Å². The molecule has 3 aromatic carbocycles. The minimum absolute atomic E-state index is 0.193. The first-order chi connectivity index (χ1) is 16.9. The highest BCUT2D eigenvalue weighted by Gasteiger charge is 2.30. The van der Waals surface area contributed by atoms with Gasteiger partial charge in [0.25, 0.3) is 5.91 Å². The molecular formula is C28H25NO5S. The quantitative estimate of drug-likeness (QED) is 0.388. The van der Waals surface area contributed by atoms with Crippen LogP contribution in [-0.4, -0.2) is 19.6 Å². The summed E-state index contributed by atoms with van der Waals surface area (Å²) in [7, 11) is -3.37. The summed E-state index contributed by atoms with van der Waals surface area (Å²) >= 11 is 0. The molecule has 1 amide bonds. The Hall–Kier alpha value is -3.71. The first kappa shape index (κ1) is 23.1. The highest BCUT2D eigenvalue weighted by molar-refractivity contribution is 7.92. The molecule has 0 bridgehead atoms. The Kier molecular flexibility index (Phi) is 6.03. The Morgan fingerprint density at radius 1 is 0.914 bits per heavy atom. The Bertz CT molecular complexity index is 1570. The number of para-hydroxylation sites is 1. The number of fused-ring (bicyclic) bond motifs is 1. The molecule has 0 saturated heterocycles. The first-order valence-corrected chi connectivity index (χ1v) is 13.2.